The number of hydrogen-bond acceptors (Lipinski definition) is 3. The van der Waals surface area contributed by atoms with Crippen molar-refractivity contribution in [3.05, 3.63) is 57.8 Å². The molecule has 2 aromatic carbocycles. The van der Waals surface area contributed by atoms with Crippen LogP contribution in [0.15, 0.2) is 41.3 Å². The quantitative estimate of drug-likeness (QED) is 0.642. The molecule has 5 nitrogen and oxygen atoms in total. The van der Waals surface area contributed by atoms with Crippen molar-refractivity contribution in [2.24, 2.45) is 5.92 Å². The maximum Gasteiger partial charge on any atom is 0.255 e. The van der Waals surface area contributed by atoms with Crippen molar-refractivity contribution in [1.29, 1.82) is 0 Å². The second-order valence-electron chi connectivity index (χ2n) is 7.22. The molecule has 3 rings (SSSR count). The molecular formula is C20H21Cl2FN2O3S. The molecule has 1 fully saturated rings. The van der Waals surface area contributed by atoms with E-state index in [4.69, 9.17) is 23.2 Å². The Morgan fingerprint density at radius 3 is 2.48 bits per heavy atom. The second kappa shape index (κ2) is 9.00. The number of hydrogen-bond donors (Lipinski definition) is 2. The number of rotatable bonds is 5. The number of benzene rings is 2. The Labute approximate surface area is 179 Å². The van der Waals surface area contributed by atoms with E-state index in [9.17, 15) is 17.6 Å². The summed E-state index contributed by atoms with van der Waals surface area (Å²) in [5.74, 6) is -1.33. The van der Waals surface area contributed by atoms with Crippen molar-refractivity contribution in [2.45, 2.75) is 43.5 Å². The fraction of sp³-hybridized carbons (Fsp3) is 0.350. The summed E-state index contributed by atoms with van der Waals surface area (Å²) in [6.07, 6.45) is 3.60. The third kappa shape index (κ3) is 5.28. The lowest BCUT2D eigenvalue weighted by molar-refractivity contribution is 0.102. The fourth-order valence-electron chi connectivity index (χ4n) is 3.38. The van der Waals surface area contributed by atoms with Gasteiger partial charge < -0.3 is 5.32 Å². The monoisotopic (exact) mass is 458 g/mol. The molecule has 2 aromatic rings. The molecule has 0 saturated heterocycles. The van der Waals surface area contributed by atoms with Gasteiger partial charge in [-0.25, -0.2) is 17.5 Å². The highest BCUT2D eigenvalue weighted by molar-refractivity contribution is 7.89. The first-order valence-electron chi connectivity index (χ1n) is 9.25. The highest BCUT2D eigenvalue weighted by atomic mass is 35.5. The summed E-state index contributed by atoms with van der Waals surface area (Å²) in [6.45, 7) is 1.98. The van der Waals surface area contributed by atoms with Gasteiger partial charge in [-0.3, -0.25) is 4.79 Å². The standard InChI is InChI=1S/C20H21Cl2FN2O3S/c1-12-4-2-3-5-18(12)25-29(27,28)19-10-13(6-9-17(19)23)20(26)24-14-7-8-15(21)16(22)11-14/h6-12,18,25H,2-5H2,1H3,(H,24,26). The van der Waals surface area contributed by atoms with Crippen LogP contribution in [0.3, 0.4) is 0 Å². The number of amides is 1. The van der Waals surface area contributed by atoms with Gasteiger partial charge >= 0.3 is 0 Å². The van der Waals surface area contributed by atoms with Crippen molar-refractivity contribution in [3.8, 4) is 0 Å². The van der Waals surface area contributed by atoms with E-state index in [1.54, 1.807) is 6.07 Å². The minimum atomic E-state index is -4.11. The van der Waals surface area contributed by atoms with Gasteiger partial charge in [0.2, 0.25) is 10.0 Å². The smallest absolute Gasteiger partial charge is 0.255 e. The normalized spacial score (nSPS) is 19.7. The Hall–Kier alpha value is -1.67. The first kappa shape index (κ1) is 22.0. The molecule has 1 aliphatic rings. The van der Waals surface area contributed by atoms with Crippen LogP contribution in [0.4, 0.5) is 10.1 Å². The minimum Gasteiger partial charge on any atom is -0.322 e. The van der Waals surface area contributed by atoms with Gasteiger partial charge in [-0.2, -0.15) is 0 Å². The van der Waals surface area contributed by atoms with Crippen LogP contribution in [0.2, 0.25) is 10.0 Å². The first-order valence-corrected chi connectivity index (χ1v) is 11.5. The number of sulfonamides is 1. The number of halogens is 3. The van der Waals surface area contributed by atoms with Gasteiger partial charge in [-0.1, -0.05) is 43.0 Å². The summed E-state index contributed by atoms with van der Waals surface area (Å²) >= 11 is 11.8. The molecule has 0 bridgehead atoms. The zero-order valence-corrected chi connectivity index (χ0v) is 18.0. The van der Waals surface area contributed by atoms with Crippen LogP contribution in [0.1, 0.15) is 43.0 Å². The highest BCUT2D eigenvalue weighted by Gasteiger charge is 2.29. The van der Waals surface area contributed by atoms with Gasteiger partial charge in [0.25, 0.3) is 5.91 Å². The van der Waals surface area contributed by atoms with Crippen molar-refractivity contribution < 1.29 is 17.6 Å². The van der Waals surface area contributed by atoms with Crippen LogP contribution in [0.5, 0.6) is 0 Å². The molecule has 9 heteroatoms. The Balaban J connectivity index is 1.83. The van der Waals surface area contributed by atoms with Gasteiger partial charge in [0.05, 0.1) is 10.0 Å². The summed E-state index contributed by atoms with van der Waals surface area (Å²) in [6, 6.07) is 7.54. The number of nitrogens with one attached hydrogen (secondary N) is 2. The fourth-order valence-corrected chi connectivity index (χ4v) is 5.16. The summed E-state index contributed by atoms with van der Waals surface area (Å²) in [4.78, 5) is 12.0. The van der Waals surface area contributed by atoms with Crippen LogP contribution in [0.25, 0.3) is 0 Å². The summed E-state index contributed by atoms with van der Waals surface area (Å²) < 4.78 is 42.5. The number of carbonyl (C=O) groups excluding carboxylic acids is 1. The van der Waals surface area contributed by atoms with Crippen molar-refractivity contribution >= 4 is 44.8 Å². The zero-order valence-electron chi connectivity index (χ0n) is 15.7. The molecular weight excluding hydrogens is 438 g/mol. The van der Waals surface area contributed by atoms with Gasteiger partial charge in [0.1, 0.15) is 10.7 Å². The third-order valence-corrected chi connectivity index (χ3v) is 7.32. The molecule has 0 radical (unpaired) electrons. The molecule has 2 atom stereocenters. The molecule has 1 saturated carbocycles. The SMILES string of the molecule is CC1CCCCC1NS(=O)(=O)c1cc(C(=O)Nc2ccc(Cl)c(Cl)c2)ccc1F. The average molecular weight is 459 g/mol. The Kier molecular flexibility index (Phi) is 6.83. The van der Waals surface area contributed by atoms with Crippen LogP contribution in [-0.4, -0.2) is 20.4 Å². The molecule has 1 aliphatic carbocycles. The topological polar surface area (TPSA) is 75.3 Å². The molecule has 2 N–H and O–H groups in total. The summed E-state index contributed by atoms with van der Waals surface area (Å²) in [5.41, 5.74) is 0.391. The van der Waals surface area contributed by atoms with E-state index in [0.717, 1.165) is 31.4 Å². The van der Waals surface area contributed by atoms with Crippen LogP contribution < -0.4 is 10.0 Å². The lowest BCUT2D eigenvalue weighted by Crippen LogP contribution is -2.41. The summed E-state index contributed by atoms with van der Waals surface area (Å²) in [7, 11) is -4.11. The Morgan fingerprint density at radius 1 is 1.07 bits per heavy atom. The van der Waals surface area contributed by atoms with E-state index in [1.165, 1.54) is 18.2 Å². The van der Waals surface area contributed by atoms with E-state index in [2.05, 4.69) is 10.0 Å². The molecule has 1 amide bonds. The van der Waals surface area contributed by atoms with E-state index in [-0.39, 0.29) is 22.5 Å². The maximum atomic E-state index is 14.3. The Morgan fingerprint density at radius 2 is 1.79 bits per heavy atom. The van der Waals surface area contributed by atoms with Crippen LogP contribution in [0, 0.1) is 11.7 Å². The average Bonchev–Trinajstić information content (AvgIpc) is 2.66. The van der Waals surface area contributed by atoms with E-state index < -0.39 is 26.6 Å². The van der Waals surface area contributed by atoms with Gasteiger partial charge in [0, 0.05) is 17.3 Å². The number of carbonyl (C=O) groups is 1. The zero-order chi connectivity index (χ0) is 21.2. The third-order valence-electron chi connectivity index (χ3n) is 5.08. The molecule has 0 aliphatic heterocycles. The largest absolute Gasteiger partial charge is 0.322 e. The molecule has 29 heavy (non-hydrogen) atoms. The Bertz CT molecular complexity index is 1030. The molecule has 2 unspecified atom stereocenters. The van der Waals surface area contributed by atoms with Gasteiger partial charge in [-0.05, 0) is 55.2 Å². The van der Waals surface area contributed by atoms with Crippen molar-refractivity contribution in [3.63, 3.8) is 0 Å². The molecule has 0 spiro atoms. The predicted molar refractivity (Wildman–Crippen MR) is 113 cm³/mol. The predicted octanol–water partition coefficient (Wildman–Crippen LogP) is 5.24. The van der Waals surface area contributed by atoms with E-state index >= 15 is 0 Å². The lowest BCUT2D eigenvalue weighted by Gasteiger charge is -2.29. The van der Waals surface area contributed by atoms with Crippen molar-refractivity contribution in [1.82, 2.24) is 4.72 Å². The van der Waals surface area contributed by atoms with E-state index in [1.807, 2.05) is 6.92 Å². The molecule has 0 heterocycles. The second-order valence-corrected chi connectivity index (χ2v) is 9.71. The minimum absolute atomic E-state index is 0.00883. The lowest BCUT2D eigenvalue weighted by atomic mass is 9.87. The van der Waals surface area contributed by atoms with Gasteiger partial charge in [0.15, 0.2) is 0 Å². The van der Waals surface area contributed by atoms with Gasteiger partial charge in [-0.15, -0.1) is 0 Å². The van der Waals surface area contributed by atoms with Crippen LogP contribution >= 0.6 is 23.2 Å². The number of anilines is 1. The highest BCUT2D eigenvalue weighted by Crippen LogP contribution is 2.27. The first-order chi connectivity index (χ1) is 13.7. The van der Waals surface area contributed by atoms with Crippen molar-refractivity contribution in [2.75, 3.05) is 5.32 Å². The van der Waals surface area contributed by atoms with E-state index in [0.29, 0.717) is 17.1 Å². The summed E-state index contributed by atoms with van der Waals surface area (Å²) in [5, 5.41) is 3.19. The van der Waals surface area contributed by atoms with Crippen LogP contribution in [-0.2, 0) is 10.0 Å². The maximum absolute atomic E-state index is 14.3. The molecule has 156 valence electrons. The molecule has 0 aromatic heterocycles.